The summed E-state index contributed by atoms with van der Waals surface area (Å²) < 4.78 is 0. The van der Waals surface area contributed by atoms with Crippen LogP contribution in [-0.2, 0) is 0 Å². The Labute approximate surface area is 361 Å². The fourth-order valence-electron chi connectivity index (χ4n) is 8.54. The van der Waals surface area contributed by atoms with Gasteiger partial charge in [-0.1, -0.05) is 218 Å². The van der Waals surface area contributed by atoms with Gasteiger partial charge in [0.15, 0.2) is 5.84 Å². The monoisotopic (exact) mass is 792 g/mol. The Hall–Kier alpha value is -8.21. The van der Waals surface area contributed by atoms with Crippen molar-refractivity contribution in [3.63, 3.8) is 0 Å². The van der Waals surface area contributed by atoms with E-state index in [0.29, 0.717) is 5.84 Å². The second kappa shape index (κ2) is 16.1. The molecule has 4 nitrogen and oxygen atoms in total. The highest BCUT2D eigenvalue weighted by Crippen LogP contribution is 2.41. The van der Waals surface area contributed by atoms with Crippen molar-refractivity contribution in [3.8, 4) is 55.8 Å². The van der Waals surface area contributed by atoms with Gasteiger partial charge in [0.05, 0.1) is 11.2 Å². The van der Waals surface area contributed by atoms with Gasteiger partial charge in [0.1, 0.15) is 12.0 Å². The van der Waals surface area contributed by atoms with Gasteiger partial charge in [0.2, 0.25) is 0 Å². The molecular weight excluding hydrogens is 753 g/mol. The van der Waals surface area contributed by atoms with E-state index >= 15 is 0 Å². The zero-order chi connectivity index (χ0) is 41.2. The Balaban J connectivity index is 1.03. The summed E-state index contributed by atoms with van der Waals surface area (Å²) in [6.07, 6.45) is -0.262. The number of fused-ring (bicyclic) bond motifs is 3. The molecule has 1 aliphatic rings. The van der Waals surface area contributed by atoms with Gasteiger partial charge in [0.25, 0.3) is 0 Å². The minimum atomic E-state index is -0.262. The average Bonchev–Trinajstić information content (AvgIpc) is 3.37. The summed E-state index contributed by atoms with van der Waals surface area (Å²) in [4.78, 5) is 15.6. The molecule has 0 amide bonds. The molecule has 0 bridgehead atoms. The lowest BCUT2D eigenvalue weighted by Gasteiger charge is -2.23. The van der Waals surface area contributed by atoms with E-state index < -0.39 is 0 Å². The first kappa shape index (κ1) is 36.8. The molecule has 1 aliphatic heterocycles. The van der Waals surface area contributed by atoms with Crippen molar-refractivity contribution in [1.82, 2.24) is 10.3 Å². The Morgan fingerprint density at radius 1 is 0.339 bits per heavy atom. The molecule has 11 rings (SSSR count). The van der Waals surface area contributed by atoms with Crippen molar-refractivity contribution >= 4 is 33.3 Å². The van der Waals surface area contributed by atoms with Crippen LogP contribution in [0.1, 0.15) is 22.9 Å². The normalized spacial score (nSPS) is 13.6. The Morgan fingerprint density at radius 3 is 1.35 bits per heavy atom. The predicted molar refractivity (Wildman–Crippen MR) is 258 cm³/mol. The molecule has 1 atom stereocenters. The first-order valence-corrected chi connectivity index (χ1v) is 21.0. The lowest BCUT2D eigenvalue weighted by Crippen LogP contribution is -2.33. The summed E-state index contributed by atoms with van der Waals surface area (Å²) >= 11 is 0. The molecule has 1 N–H and O–H groups in total. The number of benzene rings is 9. The Bertz CT molecular complexity index is 3250. The third-order valence-corrected chi connectivity index (χ3v) is 11.8. The van der Waals surface area contributed by atoms with E-state index in [1.54, 1.807) is 0 Å². The minimum Gasteiger partial charge on any atom is -0.344 e. The molecule has 10 aromatic rings. The van der Waals surface area contributed by atoms with Crippen LogP contribution < -0.4 is 5.32 Å². The third-order valence-electron chi connectivity index (χ3n) is 11.8. The van der Waals surface area contributed by atoms with Crippen LogP contribution in [0.5, 0.6) is 0 Å². The number of hydrogen-bond donors (Lipinski definition) is 1. The zero-order valence-electron chi connectivity index (χ0n) is 33.9. The number of aromatic nitrogens is 1. The zero-order valence-corrected chi connectivity index (χ0v) is 33.9. The number of amidine groups is 2. The molecule has 0 radical (unpaired) electrons. The number of nitrogens with one attached hydrogen (secondary N) is 1. The summed E-state index contributed by atoms with van der Waals surface area (Å²) in [5.41, 5.74) is 15.4. The molecule has 292 valence electrons. The van der Waals surface area contributed by atoms with Crippen LogP contribution in [0, 0.1) is 0 Å². The van der Waals surface area contributed by atoms with Gasteiger partial charge in [-0.25, -0.2) is 15.0 Å². The molecular formula is C58H40N4. The molecule has 2 heterocycles. The van der Waals surface area contributed by atoms with Crippen LogP contribution in [0.2, 0.25) is 0 Å². The van der Waals surface area contributed by atoms with Crippen LogP contribution in [0.25, 0.3) is 77.4 Å². The lowest BCUT2D eigenvalue weighted by atomic mass is 9.90. The highest BCUT2D eigenvalue weighted by atomic mass is 15.2. The minimum absolute atomic E-state index is 0.262. The van der Waals surface area contributed by atoms with Crippen molar-refractivity contribution < 1.29 is 0 Å². The molecule has 4 heteroatoms. The van der Waals surface area contributed by atoms with Gasteiger partial charge in [-0.15, -0.1) is 0 Å². The second-order valence-corrected chi connectivity index (χ2v) is 15.6. The number of aliphatic imine (C=N–C) groups is 2. The molecule has 0 fully saturated rings. The molecule has 9 aromatic carbocycles. The third kappa shape index (κ3) is 7.14. The van der Waals surface area contributed by atoms with Crippen molar-refractivity contribution in [3.05, 3.63) is 247 Å². The highest BCUT2D eigenvalue weighted by molar-refractivity contribution is 6.17. The van der Waals surface area contributed by atoms with E-state index in [9.17, 15) is 0 Å². The fraction of sp³-hybridized carbons (Fsp3) is 0.0172. The van der Waals surface area contributed by atoms with Gasteiger partial charge in [-0.3, -0.25) is 0 Å². The van der Waals surface area contributed by atoms with Crippen LogP contribution in [0.15, 0.2) is 241 Å². The topological polar surface area (TPSA) is 49.6 Å². The summed E-state index contributed by atoms with van der Waals surface area (Å²) in [6, 6.07) is 81.4. The largest absolute Gasteiger partial charge is 0.344 e. The van der Waals surface area contributed by atoms with Crippen LogP contribution in [0.4, 0.5) is 0 Å². The Morgan fingerprint density at radius 2 is 0.774 bits per heavy atom. The van der Waals surface area contributed by atoms with E-state index in [0.717, 1.165) is 77.7 Å². The van der Waals surface area contributed by atoms with Crippen molar-refractivity contribution in [2.24, 2.45) is 9.98 Å². The standard InChI is InChI=1S/C58H40N4/c1-5-15-39(16-6-1)41-25-29-44(30-26-41)52-38-54(45-33-27-42(28-34-45)40-17-7-2-8-18-40)59-55-50-24-14-13-23-49(50)51(37-53(52)55)43-31-35-48(36-32-43)58-61-56(46-19-9-3-10-20-46)60-57(62-58)47-21-11-4-12-22-47/h1-38,56H,(H,60,61,62). The smallest absolute Gasteiger partial charge is 0.159 e. The predicted octanol–water partition coefficient (Wildman–Crippen LogP) is 14.2. The molecule has 0 saturated carbocycles. The molecule has 0 saturated heterocycles. The number of nitrogens with zero attached hydrogens (tertiary/aromatic N) is 3. The number of hydrogen-bond acceptors (Lipinski definition) is 4. The summed E-state index contributed by atoms with van der Waals surface area (Å²) in [7, 11) is 0. The van der Waals surface area contributed by atoms with Gasteiger partial charge in [-0.05, 0) is 67.6 Å². The van der Waals surface area contributed by atoms with Crippen LogP contribution in [0.3, 0.4) is 0 Å². The van der Waals surface area contributed by atoms with Crippen LogP contribution in [-0.4, -0.2) is 16.7 Å². The van der Waals surface area contributed by atoms with Crippen molar-refractivity contribution in [2.45, 2.75) is 6.17 Å². The number of rotatable bonds is 8. The molecule has 0 aliphatic carbocycles. The van der Waals surface area contributed by atoms with E-state index in [1.165, 1.54) is 22.3 Å². The van der Waals surface area contributed by atoms with Gasteiger partial charge in [0, 0.05) is 27.5 Å². The fourth-order valence-corrected chi connectivity index (χ4v) is 8.54. The lowest BCUT2D eigenvalue weighted by molar-refractivity contribution is 0.674. The molecule has 62 heavy (non-hydrogen) atoms. The van der Waals surface area contributed by atoms with E-state index in [1.807, 2.05) is 36.4 Å². The van der Waals surface area contributed by atoms with E-state index in [-0.39, 0.29) is 6.17 Å². The first-order chi connectivity index (χ1) is 30.7. The SMILES string of the molecule is c1ccc(C2=NC(c3ccccc3)NC(c3ccc(-c4cc5c(-c6ccc(-c7ccccc7)cc6)cc(-c6ccc(-c7ccccc7)cc6)nc5c5ccccc45)cc3)=N2)cc1. The average molecular weight is 793 g/mol. The highest BCUT2D eigenvalue weighted by Gasteiger charge is 2.22. The maximum Gasteiger partial charge on any atom is 0.159 e. The van der Waals surface area contributed by atoms with Gasteiger partial charge in [-0.2, -0.15) is 0 Å². The molecule has 1 aromatic heterocycles. The van der Waals surface area contributed by atoms with Crippen molar-refractivity contribution in [1.29, 1.82) is 0 Å². The summed E-state index contributed by atoms with van der Waals surface area (Å²) in [5, 5.41) is 6.99. The first-order valence-electron chi connectivity index (χ1n) is 21.0. The Kier molecular flexibility index (Phi) is 9.56. The second-order valence-electron chi connectivity index (χ2n) is 15.6. The summed E-state index contributed by atoms with van der Waals surface area (Å²) in [6.45, 7) is 0. The quantitative estimate of drug-likeness (QED) is 0.156. The van der Waals surface area contributed by atoms with E-state index in [4.69, 9.17) is 15.0 Å². The maximum atomic E-state index is 5.47. The van der Waals surface area contributed by atoms with Gasteiger partial charge >= 0.3 is 0 Å². The van der Waals surface area contributed by atoms with Gasteiger partial charge < -0.3 is 5.32 Å². The van der Waals surface area contributed by atoms with Crippen molar-refractivity contribution in [2.75, 3.05) is 0 Å². The van der Waals surface area contributed by atoms with Crippen LogP contribution >= 0.6 is 0 Å². The van der Waals surface area contributed by atoms with E-state index in [2.05, 4.69) is 199 Å². The maximum absolute atomic E-state index is 5.47. The number of pyridine rings is 1. The molecule has 0 spiro atoms. The molecule has 1 unspecified atom stereocenters. The summed E-state index contributed by atoms with van der Waals surface area (Å²) in [5.74, 6) is 1.50.